The van der Waals surface area contributed by atoms with Crippen LogP contribution >= 0.6 is 0 Å². The van der Waals surface area contributed by atoms with Crippen LogP contribution in [0.15, 0.2) is 97.2 Å². The highest BCUT2D eigenvalue weighted by atomic mass is 16.6. The molecule has 0 spiro atoms. The Morgan fingerprint density at radius 1 is 0.290 bits per heavy atom. The number of hydrogen-bond acceptors (Lipinski definition) is 6. The molecule has 0 fully saturated rings. The van der Waals surface area contributed by atoms with E-state index in [1.54, 1.807) is 0 Å². The van der Waals surface area contributed by atoms with Gasteiger partial charge in [-0.15, -0.1) is 0 Å². The lowest BCUT2D eigenvalue weighted by molar-refractivity contribution is -0.167. The van der Waals surface area contributed by atoms with Crippen LogP contribution in [0.4, 0.5) is 0 Å². The summed E-state index contributed by atoms with van der Waals surface area (Å²) in [7, 11) is 0. The maximum absolute atomic E-state index is 12.9. The van der Waals surface area contributed by atoms with E-state index in [9.17, 15) is 14.4 Å². The van der Waals surface area contributed by atoms with Crippen LogP contribution < -0.4 is 0 Å². The first-order valence-corrected chi connectivity index (χ1v) is 28.7. The fraction of sp³-hybridized carbons (Fsp3) is 0.698. The Balaban J connectivity index is 4.50. The van der Waals surface area contributed by atoms with Gasteiger partial charge in [-0.1, -0.05) is 221 Å². The summed E-state index contributed by atoms with van der Waals surface area (Å²) < 4.78 is 16.8. The fourth-order valence-electron chi connectivity index (χ4n) is 7.67. The van der Waals surface area contributed by atoms with Gasteiger partial charge in [0.05, 0.1) is 0 Å². The van der Waals surface area contributed by atoms with E-state index in [2.05, 4.69) is 118 Å². The molecule has 0 N–H and O–H groups in total. The molecule has 0 amide bonds. The van der Waals surface area contributed by atoms with Gasteiger partial charge in [0.25, 0.3) is 0 Å². The molecule has 0 saturated carbocycles. The average Bonchev–Trinajstić information content (AvgIpc) is 3.35. The van der Waals surface area contributed by atoms with E-state index in [-0.39, 0.29) is 37.5 Å². The molecule has 0 heterocycles. The summed E-state index contributed by atoms with van der Waals surface area (Å²) in [6.45, 7) is 6.51. The van der Waals surface area contributed by atoms with Crippen molar-refractivity contribution in [2.24, 2.45) is 0 Å². The van der Waals surface area contributed by atoms with E-state index >= 15 is 0 Å². The number of carbonyl (C=O) groups excluding carboxylic acids is 3. The van der Waals surface area contributed by atoms with Crippen LogP contribution in [0.25, 0.3) is 0 Å². The van der Waals surface area contributed by atoms with Gasteiger partial charge < -0.3 is 14.2 Å². The third-order valence-corrected chi connectivity index (χ3v) is 12.0. The minimum atomic E-state index is -0.809. The average molecular weight is 960 g/mol. The van der Waals surface area contributed by atoms with Gasteiger partial charge in [-0.2, -0.15) is 0 Å². The smallest absolute Gasteiger partial charge is 0.306 e. The zero-order valence-electron chi connectivity index (χ0n) is 45.0. The Labute approximate surface area is 426 Å². The minimum Gasteiger partial charge on any atom is -0.462 e. The molecule has 1 atom stereocenters. The van der Waals surface area contributed by atoms with Gasteiger partial charge in [-0.05, 0) is 122 Å². The van der Waals surface area contributed by atoms with Crippen molar-refractivity contribution in [3.05, 3.63) is 97.2 Å². The van der Waals surface area contributed by atoms with E-state index in [0.717, 1.165) is 89.9 Å². The Kier molecular flexibility index (Phi) is 53.9. The molecular formula is C63H106O6. The van der Waals surface area contributed by atoms with Gasteiger partial charge in [0.15, 0.2) is 6.10 Å². The maximum atomic E-state index is 12.9. The van der Waals surface area contributed by atoms with E-state index in [4.69, 9.17) is 14.2 Å². The highest BCUT2D eigenvalue weighted by molar-refractivity contribution is 5.71. The quantitative estimate of drug-likeness (QED) is 0.0262. The Morgan fingerprint density at radius 3 is 0.870 bits per heavy atom. The van der Waals surface area contributed by atoms with Crippen molar-refractivity contribution >= 4 is 17.9 Å². The fourth-order valence-corrected chi connectivity index (χ4v) is 7.67. The molecule has 394 valence electrons. The second-order valence-corrected chi connectivity index (χ2v) is 18.8. The van der Waals surface area contributed by atoms with E-state index < -0.39 is 6.10 Å². The molecule has 6 nitrogen and oxygen atoms in total. The number of unbranched alkanes of at least 4 members (excludes halogenated alkanes) is 24. The third kappa shape index (κ3) is 55.1. The van der Waals surface area contributed by atoms with Crippen LogP contribution in [0.5, 0.6) is 0 Å². The molecule has 0 rings (SSSR count). The molecule has 0 aliphatic carbocycles. The number of hydrogen-bond donors (Lipinski definition) is 0. The van der Waals surface area contributed by atoms with Gasteiger partial charge in [0, 0.05) is 19.3 Å². The number of esters is 3. The topological polar surface area (TPSA) is 78.9 Å². The van der Waals surface area contributed by atoms with Gasteiger partial charge in [0.2, 0.25) is 0 Å². The highest BCUT2D eigenvalue weighted by Gasteiger charge is 2.19. The van der Waals surface area contributed by atoms with Crippen molar-refractivity contribution in [1.82, 2.24) is 0 Å². The zero-order chi connectivity index (χ0) is 50.0. The Bertz CT molecular complexity index is 1380. The van der Waals surface area contributed by atoms with Gasteiger partial charge in [0.1, 0.15) is 13.2 Å². The molecule has 0 saturated heterocycles. The maximum Gasteiger partial charge on any atom is 0.306 e. The Morgan fingerprint density at radius 2 is 0.536 bits per heavy atom. The van der Waals surface area contributed by atoms with E-state index in [1.807, 2.05) is 0 Å². The van der Waals surface area contributed by atoms with Gasteiger partial charge in [-0.25, -0.2) is 0 Å². The molecule has 6 heteroatoms. The molecule has 69 heavy (non-hydrogen) atoms. The second kappa shape index (κ2) is 56.9. The predicted molar refractivity (Wildman–Crippen MR) is 297 cm³/mol. The summed E-state index contributed by atoms with van der Waals surface area (Å²) in [4.78, 5) is 38.2. The first-order chi connectivity index (χ1) is 34.0. The van der Waals surface area contributed by atoms with Crippen molar-refractivity contribution in [3.8, 4) is 0 Å². The zero-order valence-corrected chi connectivity index (χ0v) is 45.0. The summed E-state index contributed by atoms with van der Waals surface area (Å²) in [5, 5.41) is 0. The summed E-state index contributed by atoms with van der Waals surface area (Å²) >= 11 is 0. The molecule has 0 aromatic rings. The van der Waals surface area contributed by atoms with Crippen molar-refractivity contribution in [3.63, 3.8) is 0 Å². The van der Waals surface area contributed by atoms with Gasteiger partial charge in [-0.3, -0.25) is 14.4 Å². The molecule has 0 bridgehead atoms. The summed E-state index contributed by atoms with van der Waals surface area (Å²) in [6, 6.07) is 0. The summed E-state index contributed by atoms with van der Waals surface area (Å²) in [5.74, 6) is -0.973. The minimum absolute atomic E-state index is 0.102. The summed E-state index contributed by atoms with van der Waals surface area (Å²) in [6.07, 6.45) is 75.3. The van der Waals surface area contributed by atoms with Crippen molar-refractivity contribution in [2.75, 3.05) is 13.2 Å². The molecule has 0 radical (unpaired) electrons. The van der Waals surface area contributed by atoms with E-state index in [0.29, 0.717) is 19.3 Å². The summed E-state index contributed by atoms with van der Waals surface area (Å²) in [5.41, 5.74) is 0. The number of carbonyl (C=O) groups is 3. The molecule has 0 aliphatic heterocycles. The third-order valence-electron chi connectivity index (χ3n) is 12.0. The van der Waals surface area contributed by atoms with Crippen LogP contribution in [0, 0.1) is 0 Å². The number of rotatable bonds is 51. The van der Waals surface area contributed by atoms with Crippen LogP contribution in [0.2, 0.25) is 0 Å². The van der Waals surface area contributed by atoms with Crippen LogP contribution in [-0.4, -0.2) is 37.2 Å². The lowest BCUT2D eigenvalue weighted by Crippen LogP contribution is -2.30. The second-order valence-electron chi connectivity index (χ2n) is 18.8. The number of ether oxygens (including phenoxy) is 3. The molecular weight excluding hydrogens is 853 g/mol. The first-order valence-electron chi connectivity index (χ1n) is 28.7. The van der Waals surface area contributed by atoms with E-state index in [1.165, 1.54) is 128 Å². The largest absolute Gasteiger partial charge is 0.462 e. The predicted octanol–water partition coefficient (Wildman–Crippen LogP) is 19.3. The number of allylic oxidation sites excluding steroid dienone is 16. The first kappa shape index (κ1) is 65.3. The van der Waals surface area contributed by atoms with Crippen LogP contribution in [-0.2, 0) is 28.6 Å². The molecule has 0 aromatic carbocycles. The van der Waals surface area contributed by atoms with Crippen LogP contribution in [0.3, 0.4) is 0 Å². The van der Waals surface area contributed by atoms with Crippen molar-refractivity contribution < 1.29 is 28.6 Å². The van der Waals surface area contributed by atoms with Crippen molar-refractivity contribution in [2.45, 2.75) is 271 Å². The SMILES string of the molecule is CCCCC/C=C\C/C=C\C/C=C\C/C=C\CCCC(=O)OC[C@H](COC(=O)CCCCCCCCC/C=C\C/C=C\CCCCC)OC(=O)CCCCCCCCC/C=C\C/C=C\CCCCC. The highest BCUT2D eigenvalue weighted by Crippen LogP contribution is 2.14. The lowest BCUT2D eigenvalue weighted by Gasteiger charge is -2.18. The normalized spacial score (nSPS) is 12.8. The molecule has 0 aromatic heterocycles. The van der Waals surface area contributed by atoms with Crippen molar-refractivity contribution in [1.29, 1.82) is 0 Å². The van der Waals surface area contributed by atoms with Crippen LogP contribution in [0.1, 0.15) is 265 Å². The molecule has 0 unspecified atom stereocenters. The lowest BCUT2D eigenvalue weighted by atomic mass is 10.1. The van der Waals surface area contributed by atoms with Gasteiger partial charge >= 0.3 is 17.9 Å². The Hall–Kier alpha value is -3.67. The molecule has 0 aliphatic rings. The standard InChI is InChI=1S/C63H106O6/c1-4-7-10-13-16-19-22-25-28-31-34-37-40-43-46-49-52-55-61(64)67-58-60(69-63(66)57-54-51-48-45-42-39-36-33-30-27-24-21-18-15-12-9-6-3)59-68-62(65)56-53-50-47-44-41-38-35-32-29-26-23-20-17-14-11-8-5-2/h16-21,25-30,34,37,43,46,60H,4-15,22-24,31-33,35-36,38-42,44-45,47-59H2,1-3H3/b19-16-,20-17-,21-18-,28-25-,29-26-,30-27-,37-34-,46-43-/t60-/m1/s1. The monoisotopic (exact) mass is 959 g/mol.